The summed E-state index contributed by atoms with van der Waals surface area (Å²) in [5, 5.41) is 12.0. The molecule has 0 saturated carbocycles. The SMILES string of the molecule is CC(NC1CC(C)(C)OC1(C)C)C(=O)N(C)CCC#N. The summed E-state index contributed by atoms with van der Waals surface area (Å²) in [5.41, 5.74) is -0.458. The largest absolute Gasteiger partial charge is 0.368 e. The van der Waals surface area contributed by atoms with Crippen molar-refractivity contribution in [2.45, 2.75) is 70.7 Å². The van der Waals surface area contributed by atoms with E-state index in [1.807, 2.05) is 6.92 Å². The number of nitrogens with one attached hydrogen (secondary N) is 1. The molecule has 1 N–H and O–H groups in total. The van der Waals surface area contributed by atoms with Crippen LogP contribution in [0.4, 0.5) is 0 Å². The quantitative estimate of drug-likeness (QED) is 0.832. The summed E-state index contributed by atoms with van der Waals surface area (Å²) >= 11 is 0. The van der Waals surface area contributed by atoms with E-state index < -0.39 is 0 Å². The van der Waals surface area contributed by atoms with Crippen LogP contribution in [-0.2, 0) is 9.53 Å². The van der Waals surface area contributed by atoms with Gasteiger partial charge in [-0.25, -0.2) is 0 Å². The Labute approximate surface area is 122 Å². The molecule has 5 nitrogen and oxygen atoms in total. The van der Waals surface area contributed by atoms with Crippen LogP contribution in [0.2, 0.25) is 0 Å². The Morgan fingerprint density at radius 3 is 2.55 bits per heavy atom. The number of carbonyl (C=O) groups is 1. The monoisotopic (exact) mass is 281 g/mol. The van der Waals surface area contributed by atoms with Gasteiger partial charge in [0.15, 0.2) is 0 Å². The maximum absolute atomic E-state index is 12.2. The van der Waals surface area contributed by atoms with Crippen molar-refractivity contribution in [3.8, 4) is 6.07 Å². The third-order valence-corrected chi connectivity index (χ3v) is 3.83. The molecule has 0 radical (unpaired) electrons. The Morgan fingerprint density at radius 2 is 2.10 bits per heavy atom. The normalized spacial score (nSPS) is 24.9. The molecule has 20 heavy (non-hydrogen) atoms. The van der Waals surface area contributed by atoms with E-state index in [1.54, 1.807) is 11.9 Å². The molecule has 1 aliphatic heterocycles. The minimum Gasteiger partial charge on any atom is -0.368 e. The van der Waals surface area contributed by atoms with Crippen molar-refractivity contribution in [3.05, 3.63) is 0 Å². The molecule has 1 aliphatic rings. The number of nitrogens with zero attached hydrogens (tertiary/aromatic N) is 2. The molecule has 2 atom stereocenters. The number of nitriles is 1. The van der Waals surface area contributed by atoms with Crippen molar-refractivity contribution in [1.29, 1.82) is 5.26 Å². The van der Waals surface area contributed by atoms with Gasteiger partial charge in [-0.05, 0) is 41.0 Å². The van der Waals surface area contributed by atoms with Crippen molar-refractivity contribution < 1.29 is 9.53 Å². The van der Waals surface area contributed by atoms with Crippen molar-refractivity contribution >= 4 is 5.91 Å². The van der Waals surface area contributed by atoms with Crippen LogP contribution in [0.1, 0.15) is 47.5 Å². The fraction of sp³-hybridized carbons (Fsp3) is 0.867. The minimum atomic E-state index is -0.288. The summed E-state index contributed by atoms with van der Waals surface area (Å²) in [6.45, 7) is 10.6. The first-order chi connectivity index (χ1) is 9.09. The van der Waals surface area contributed by atoms with Crippen LogP contribution in [0.3, 0.4) is 0 Å². The van der Waals surface area contributed by atoms with E-state index >= 15 is 0 Å². The van der Waals surface area contributed by atoms with Crippen LogP contribution < -0.4 is 5.32 Å². The lowest BCUT2D eigenvalue weighted by molar-refractivity contribution is -0.132. The topological polar surface area (TPSA) is 65.4 Å². The van der Waals surface area contributed by atoms with Crippen LogP contribution in [0, 0.1) is 11.3 Å². The van der Waals surface area contributed by atoms with E-state index in [9.17, 15) is 4.79 Å². The Bertz CT molecular complexity index is 398. The molecule has 1 rings (SSSR count). The van der Waals surface area contributed by atoms with E-state index in [2.05, 4.69) is 39.1 Å². The van der Waals surface area contributed by atoms with Gasteiger partial charge in [0.25, 0.3) is 0 Å². The molecular formula is C15H27N3O2. The van der Waals surface area contributed by atoms with Crippen molar-refractivity contribution in [1.82, 2.24) is 10.2 Å². The molecular weight excluding hydrogens is 254 g/mol. The average molecular weight is 281 g/mol. The predicted octanol–water partition coefficient (Wildman–Crippen LogP) is 1.68. The van der Waals surface area contributed by atoms with Gasteiger partial charge in [0.05, 0.1) is 29.7 Å². The Kier molecular flexibility index (Phi) is 5.17. The molecule has 1 heterocycles. The summed E-state index contributed by atoms with van der Waals surface area (Å²) < 4.78 is 6.02. The third kappa shape index (κ3) is 4.19. The molecule has 0 aromatic carbocycles. The van der Waals surface area contributed by atoms with E-state index in [0.29, 0.717) is 13.0 Å². The predicted molar refractivity (Wildman–Crippen MR) is 78.1 cm³/mol. The maximum atomic E-state index is 12.2. The Morgan fingerprint density at radius 1 is 1.50 bits per heavy atom. The highest BCUT2D eigenvalue weighted by atomic mass is 16.5. The van der Waals surface area contributed by atoms with Gasteiger partial charge in [-0.1, -0.05) is 0 Å². The third-order valence-electron chi connectivity index (χ3n) is 3.83. The minimum absolute atomic E-state index is 0.0146. The highest BCUT2D eigenvalue weighted by Gasteiger charge is 2.46. The summed E-state index contributed by atoms with van der Waals surface area (Å²) in [6.07, 6.45) is 1.24. The summed E-state index contributed by atoms with van der Waals surface area (Å²) in [5.74, 6) is 0.0146. The molecule has 0 aromatic heterocycles. The van der Waals surface area contributed by atoms with E-state index in [-0.39, 0.29) is 29.2 Å². The molecule has 0 spiro atoms. The van der Waals surface area contributed by atoms with E-state index in [0.717, 1.165) is 6.42 Å². The number of hydrogen-bond donors (Lipinski definition) is 1. The average Bonchev–Trinajstić information content (AvgIpc) is 2.52. The second-order valence-corrected chi connectivity index (χ2v) is 6.78. The van der Waals surface area contributed by atoms with Crippen LogP contribution >= 0.6 is 0 Å². The lowest BCUT2D eigenvalue weighted by Crippen LogP contribution is -2.52. The molecule has 0 aromatic rings. The van der Waals surface area contributed by atoms with Gasteiger partial charge in [0, 0.05) is 19.6 Å². The van der Waals surface area contributed by atoms with Crippen LogP contribution in [0.5, 0.6) is 0 Å². The lowest BCUT2D eigenvalue weighted by Gasteiger charge is -2.30. The van der Waals surface area contributed by atoms with Gasteiger partial charge < -0.3 is 15.0 Å². The van der Waals surface area contributed by atoms with Crippen molar-refractivity contribution in [3.63, 3.8) is 0 Å². The molecule has 114 valence electrons. The number of rotatable bonds is 5. The van der Waals surface area contributed by atoms with E-state index in [4.69, 9.17) is 10.00 Å². The van der Waals surface area contributed by atoms with Gasteiger partial charge in [-0.15, -0.1) is 0 Å². The zero-order valence-electron chi connectivity index (χ0n) is 13.5. The number of ether oxygens (including phenoxy) is 1. The first-order valence-corrected chi connectivity index (χ1v) is 7.17. The number of amides is 1. The molecule has 2 unspecified atom stereocenters. The first-order valence-electron chi connectivity index (χ1n) is 7.17. The highest BCUT2D eigenvalue weighted by molar-refractivity contribution is 5.81. The molecule has 0 aliphatic carbocycles. The summed E-state index contributed by atoms with van der Waals surface area (Å²) in [6, 6.07) is 1.92. The van der Waals surface area contributed by atoms with Gasteiger partial charge in [-0.3, -0.25) is 4.79 Å². The second-order valence-electron chi connectivity index (χ2n) is 6.78. The Balaban J connectivity index is 2.60. The second kappa shape index (κ2) is 6.11. The molecule has 5 heteroatoms. The standard InChI is InChI=1S/C15H27N3O2/c1-11(13(19)18(6)9-7-8-16)17-12-10-14(2,3)20-15(12,4)5/h11-12,17H,7,9-10H2,1-6H3. The van der Waals surface area contributed by atoms with Gasteiger partial charge in [0.1, 0.15) is 0 Å². The van der Waals surface area contributed by atoms with Gasteiger partial charge >= 0.3 is 0 Å². The van der Waals surface area contributed by atoms with E-state index in [1.165, 1.54) is 0 Å². The van der Waals surface area contributed by atoms with Crippen LogP contribution in [0.15, 0.2) is 0 Å². The molecule has 1 fully saturated rings. The maximum Gasteiger partial charge on any atom is 0.239 e. The zero-order valence-corrected chi connectivity index (χ0v) is 13.5. The zero-order chi connectivity index (χ0) is 15.6. The summed E-state index contributed by atoms with van der Waals surface area (Å²) in [4.78, 5) is 13.8. The molecule has 1 amide bonds. The fourth-order valence-electron chi connectivity index (χ4n) is 2.85. The van der Waals surface area contributed by atoms with Gasteiger partial charge in [-0.2, -0.15) is 5.26 Å². The number of likely N-dealkylation sites (N-methyl/N-ethyl adjacent to an activating group) is 1. The van der Waals surface area contributed by atoms with Crippen molar-refractivity contribution in [2.75, 3.05) is 13.6 Å². The highest BCUT2D eigenvalue weighted by Crippen LogP contribution is 2.37. The van der Waals surface area contributed by atoms with Crippen molar-refractivity contribution in [2.24, 2.45) is 0 Å². The van der Waals surface area contributed by atoms with Crippen LogP contribution in [0.25, 0.3) is 0 Å². The fourth-order valence-corrected chi connectivity index (χ4v) is 2.85. The summed E-state index contributed by atoms with van der Waals surface area (Å²) in [7, 11) is 1.73. The first kappa shape index (κ1) is 16.9. The lowest BCUT2D eigenvalue weighted by atomic mass is 9.94. The van der Waals surface area contributed by atoms with Gasteiger partial charge in [0.2, 0.25) is 5.91 Å². The Hall–Kier alpha value is -1.12. The number of hydrogen-bond acceptors (Lipinski definition) is 4. The molecule has 1 saturated heterocycles. The molecule has 0 bridgehead atoms. The smallest absolute Gasteiger partial charge is 0.239 e. The number of carbonyl (C=O) groups excluding carboxylic acids is 1. The van der Waals surface area contributed by atoms with Crippen LogP contribution in [-0.4, -0.2) is 47.7 Å².